The van der Waals surface area contributed by atoms with Gasteiger partial charge in [0.05, 0.1) is 22.9 Å². The second kappa shape index (κ2) is 10.3. The number of nitrogens with zero attached hydrogens (tertiary/aromatic N) is 3. The average Bonchev–Trinajstić information content (AvgIpc) is 3.37. The molecule has 1 aliphatic heterocycles. The predicted molar refractivity (Wildman–Crippen MR) is 110 cm³/mol. The highest BCUT2D eigenvalue weighted by atomic mass is 32.2. The zero-order valence-electron chi connectivity index (χ0n) is 15.9. The number of hydrogen-bond acceptors (Lipinski definition) is 7. The number of aromatic nitrogens is 1. The van der Waals surface area contributed by atoms with Gasteiger partial charge in [-0.2, -0.15) is 0 Å². The van der Waals surface area contributed by atoms with E-state index in [-0.39, 0.29) is 5.91 Å². The van der Waals surface area contributed by atoms with E-state index in [9.17, 15) is 4.79 Å². The van der Waals surface area contributed by atoms with Crippen molar-refractivity contribution in [3.63, 3.8) is 0 Å². The topological polar surface area (TPSA) is 58.8 Å². The zero-order valence-corrected chi connectivity index (χ0v) is 17.6. The number of rotatable bonds is 9. The first-order valence-corrected chi connectivity index (χ1v) is 11.3. The van der Waals surface area contributed by atoms with Crippen LogP contribution in [0.1, 0.15) is 19.0 Å². The Bertz CT molecular complexity index is 705. The first-order valence-electron chi connectivity index (χ1n) is 9.29. The van der Waals surface area contributed by atoms with Crippen molar-refractivity contribution in [1.82, 2.24) is 15.0 Å². The van der Waals surface area contributed by atoms with Crippen LogP contribution in [0.2, 0.25) is 0 Å². The number of carbonyl (C=O) groups excluding carboxylic acids is 1. The second-order valence-corrected chi connectivity index (χ2v) is 8.52. The molecule has 1 saturated heterocycles. The number of thiophene rings is 1. The van der Waals surface area contributed by atoms with Crippen molar-refractivity contribution in [2.24, 2.45) is 0 Å². The second-order valence-electron chi connectivity index (χ2n) is 6.58. The van der Waals surface area contributed by atoms with Crippen LogP contribution in [0.25, 0.3) is 10.6 Å². The lowest BCUT2D eigenvalue weighted by Gasteiger charge is -2.41. The third-order valence-electron chi connectivity index (χ3n) is 4.81. The minimum absolute atomic E-state index is 0.215. The first-order chi connectivity index (χ1) is 13.2. The van der Waals surface area contributed by atoms with E-state index in [0.29, 0.717) is 17.5 Å². The molecule has 0 bridgehead atoms. The third kappa shape index (κ3) is 5.57. The van der Waals surface area contributed by atoms with E-state index in [2.05, 4.69) is 17.0 Å². The summed E-state index contributed by atoms with van der Waals surface area (Å²) in [5, 5.41) is 6.13. The van der Waals surface area contributed by atoms with Gasteiger partial charge in [-0.25, -0.2) is 0 Å². The Balaban J connectivity index is 1.43. The number of ether oxygens (including phenoxy) is 1. The molecule has 8 heteroatoms. The Hall–Kier alpha value is -1.35. The number of methoxy groups -OCH3 is 1. The van der Waals surface area contributed by atoms with Crippen LogP contribution in [0.3, 0.4) is 0 Å². The van der Waals surface area contributed by atoms with E-state index in [1.807, 2.05) is 28.5 Å². The van der Waals surface area contributed by atoms with Crippen LogP contribution in [0.15, 0.2) is 28.1 Å². The fourth-order valence-electron chi connectivity index (χ4n) is 3.26. The third-order valence-corrected chi connectivity index (χ3v) is 6.65. The highest BCUT2D eigenvalue weighted by molar-refractivity contribution is 7.99. The summed E-state index contributed by atoms with van der Waals surface area (Å²) in [6.07, 6.45) is 1.05. The van der Waals surface area contributed by atoms with Gasteiger partial charge in [-0.3, -0.25) is 9.69 Å². The number of amides is 1. The number of piperazine rings is 1. The molecule has 0 radical (unpaired) electrons. The molecular weight excluding hydrogens is 382 g/mol. The number of hydrogen-bond donors (Lipinski definition) is 0. The van der Waals surface area contributed by atoms with Crippen LogP contribution < -0.4 is 0 Å². The van der Waals surface area contributed by atoms with E-state index < -0.39 is 0 Å². The molecule has 2 aromatic heterocycles. The van der Waals surface area contributed by atoms with Gasteiger partial charge in [-0.05, 0) is 17.9 Å². The van der Waals surface area contributed by atoms with Crippen LogP contribution in [-0.4, -0.2) is 72.6 Å². The van der Waals surface area contributed by atoms with Gasteiger partial charge >= 0.3 is 0 Å². The smallest absolute Gasteiger partial charge is 0.232 e. The Morgan fingerprint density at radius 3 is 3.11 bits per heavy atom. The molecule has 1 amide bonds. The lowest BCUT2D eigenvalue weighted by molar-refractivity contribution is -0.131. The highest BCUT2D eigenvalue weighted by Gasteiger charge is 2.27. The van der Waals surface area contributed by atoms with Crippen molar-refractivity contribution < 1.29 is 14.1 Å². The van der Waals surface area contributed by atoms with Gasteiger partial charge < -0.3 is 14.2 Å². The molecule has 6 nitrogen and oxygen atoms in total. The van der Waals surface area contributed by atoms with Crippen molar-refractivity contribution >= 4 is 29.0 Å². The van der Waals surface area contributed by atoms with Crippen molar-refractivity contribution in [2.45, 2.75) is 25.1 Å². The summed E-state index contributed by atoms with van der Waals surface area (Å²) >= 11 is 3.23. The van der Waals surface area contributed by atoms with Crippen LogP contribution in [0.4, 0.5) is 0 Å². The molecule has 1 fully saturated rings. The normalized spacial score (nSPS) is 18.1. The average molecular weight is 410 g/mol. The Kier molecular flexibility index (Phi) is 7.75. The van der Waals surface area contributed by atoms with Crippen molar-refractivity contribution in [2.75, 3.05) is 45.6 Å². The standard InChI is InChI=1S/C19H27N3O3S2/c1-3-16-12-22(7-6-21(16)8-9-24-2)19(23)14-26-13-15-11-17(25-20-15)18-5-4-10-27-18/h4-5,10-11,16H,3,6-9,12-14H2,1-2H3. The largest absolute Gasteiger partial charge is 0.383 e. The monoisotopic (exact) mass is 409 g/mol. The zero-order chi connectivity index (χ0) is 19.1. The van der Waals surface area contributed by atoms with E-state index in [0.717, 1.165) is 55.5 Å². The maximum Gasteiger partial charge on any atom is 0.232 e. The van der Waals surface area contributed by atoms with Crippen LogP contribution in [0, 0.1) is 0 Å². The van der Waals surface area contributed by atoms with Crippen LogP contribution >= 0.6 is 23.1 Å². The minimum Gasteiger partial charge on any atom is -0.383 e. The Labute approximate surface area is 168 Å². The molecule has 0 aromatic carbocycles. The van der Waals surface area contributed by atoms with Crippen molar-refractivity contribution in [1.29, 1.82) is 0 Å². The van der Waals surface area contributed by atoms with E-state index in [1.165, 1.54) is 0 Å². The van der Waals surface area contributed by atoms with Gasteiger partial charge in [-0.1, -0.05) is 18.1 Å². The summed E-state index contributed by atoms with van der Waals surface area (Å²) in [6, 6.07) is 6.40. The van der Waals surface area contributed by atoms with Crippen LogP contribution in [-0.2, 0) is 15.3 Å². The summed E-state index contributed by atoms with van der Waals surface area (Å²) in [5.74, 6) is 2.18. The van der Waals surface area contributed by atoms with Crippen molar-refractivity contribution in [3.05, 3.63) is 29.3 Å². The summed E-state index contributed by atoms with van der Waals surface area (Å²) < 4.78 is 10.6. The molecule has 0 saturated carbocycles. The molecular formula is C19H27N3O3S2. The van der Waals surface area contributed by atoms with Gasteiger partial charge in [0, 0.05) is 51.1 Å². The lowest BCUT2D eigenvalue weighted by atomic mass is 10.1. The van der Waals surface area contributed by atoms with Gasteiger partial charge in [0.25, 0.3) is 0 Å². The van der Waals surface area contributed by atoms with Crippen molar-refractivity contribution in [3.8, 4) is 10.6 Å². The summed E-state index contributed by atoms with van der Waals surface area (Å²) in [4.78, 5) is 18.1. The molecule has 0 N–H and O–H groups in total. The molecule has 148 valence electrons. The molecule has 1 atom stereocenters. The molecule has 0 aliphatic carbocycles. The quantitative estimate of drug-likeness (QED) is 0.634. The van der Waals surface area contributed by atoms with Gasteiger partial charge in [0.15, 0.2) is 5.76 Å². The summed E-state index contributed by atoms with van der Waals surface area (Å²) in [5.41, 5.74) is 0.881. The SMILES string of the molecule is CCC1CN(C(=O)CSCc2cc(-c3cccs3)on2)CCN1CCOC. The lowest BCUT2D eigenvalue weighted by Crippen LogP contribution is -2.55. The number of thioether (sulfide) groups is 1. The fourth-order valence-corrected chi connectivity index (χ4v) is 4.74. The van der Waals surface area contributed by atoms with Gasteiger partial charge in [-0.15, -0.1) is 23.1 Å². The number of carbonyl (C=O) groups is 1. The maximum absolute atomic E-state index is 12.6. The van der Waals surface area contributed by atoms with E-state index in [4.69, 9.17) is 9.26 Å². The maximum atomic E-state index is 12.6. The summed E-state index contributed by atoms with van der Waals surface area (Å²) in [6.45, 7) is 6.39. The summed E-state index contributed by atoms with van der Waals surface area (Å²) in [7, 11) is 1.73. The van der Waals surface area contributed by atoms with Gasteiger partial charge in [0.1, 0.15) is 0 Å². The fraction of sp³-hybridized carbons (Fsp3) is 0.579. The molecule has 27 heavy (non-hydrogen) atoms. The highest BCUT2D eigenvalue weighted by Crippen LogP contribution is 2.26. The molecule has 3 rings (SSSR count). The molecule has 1 unspecified atom stereocenters. The van der Waals surface area contributed by atoms with E-state index in [1.54, 1.807) is 30.2 Å². The minimum atomic E-state index is 0.215. The van der Waals surface area contributed by atoms with Crippen LogP contribution in [0.5, 0.6) is 0 Å². The Morgan fingerprint density at radius 1 is 1.48 bits per heavy atom. The van der Waals surface area contributed by atoms with E-state index >= 15 is 0 Å². The first kappa shape index (κ1) is 20.4. The predicted octanol–water partition coefficient (Wildman–Crippen LogP) is 3.21. The molecule has 3 heterocycles. The molecule has 0 spiro atoms. The Morgan fingerprint density at radius 2 is 2.37 bits per heavy atom. The van der Waals surface area contributed by atoms with Gasteiger partial charge in [0.2, 0.25) is 5.91 Å². The molecule has 1 aliphatic rings. The molecule has 2 aromatic rings.